The molecule has 0 unspecified atom stereocenters. The number of nitrogens with zero attached hydrogens (tertiary/aromatic N) is 1. The molecule has 0 aliphatic rings. The number of aryl methyl sites for hydroxylation is 1. The van der Waals surface area contributed by atoms with Crippen LogP contribution in [0.4, 0.5) is 4.39 Å². The molecular formula is C21H22FN. The lowest BCUT2D eigenvalue weighted by atomic mass is 9.88. The number of hydrogen-bond acceptors (Lipinski definition) is 1. The summed E-state index contributed by atoms with van der Waals surface area (Å²) in [6.07, 6.45) is 3.59. The molecule has 1 heterocycles. The van der Waals surface area contributed by atoms with Crippen molar-refractivity contribution in [1.82, 2.24) is 4.98 Å². The van der Waals surface area contributed by atoms with Crippen LogP contribution in [0.25, 0.3) is 22.0 Å². The smallest absolute Gasteiger partial charge is 0.142 e. The molecule has 3 rings (SSSR count). The average Bonchev–Trinajstić information content (AvgIpc) is 2.56. The van der Waals surface area contributed by atoms with Crippen LogP contribution in [-0.4, -0.2) is 4.98 Å². The first-order chi connectivity index (χ1) is 11.1. The van der Waals surface area contributed by atoms with Crippen LogP contribution in [0.1, 0.15) is 43.7 Å². The lowest BCUT2D eigenvalue weighted by molar-refractivity contribution is 0.624. The van der Waals surface area contributed by atoms with Gasteiger partial charge in [0, 0.05) is 5.39 Å². The quantitative estimate of drug-likeness (QED) is 0.555. The minimum Gasteiger partial charge on any atom is -0.253 e. The van der Waals surface area contributed by atoms with Crippen molar-refractivity contribution in [3.63, 3.8) is 0 Å². The molecule has 0 aliphatic heterocycles. The van der Waals surface area contributed by atoms with E-state index >= 15 is 0 Å². The minimum atomic E-state index is -0.296. The number of fused-ring (bicyclic) bond motifs is 1. The van der Waals surface area contributed by atoms with Gasteiger partial charge in [0.1, 0.15) is 5.82 Å². The molecule has 2 heteroatoms. The maximum Gasteiger partial charge on any atom is 0.142 e. The van der Waals surface area contributed by atoms with E-state index in [0.29, 0.717) is 5.92 Å². The van der Waals surface area contributed by atoms with Crippen molar-refractivity contribution in [3.8, 4) is 11.1 Å². The van der Waals surface area contributed by atoms with Gasteiger partial charge < -0.3 is 0 Å². The van der Waals surface area contributed by atoms with Crippen LogP contribution in [0.5, 0.6) is 0 Å². The number of benzene rings is 2. The van der Waals surface area contributed by atoms with E-state index < -0.39 is 0 Å². The van der Waals surface area contributed by atoms with Crippen LogP contribution in [0.3, 0.4) is 0 Å². The van der Waals surface area contributed by atoms with Crippen LogP contribution < -0.4 is 0 Å². The highest BCUT2D eigenvalue weighted by Crippen LogP contribution is 2.30. The van der Waals surface area contributed by atoms with Crippen molar-refractivity contribution in [1.29, 1.82) is 0 Å². The molecule has 0 N–H and O–H groups in total. The molecule has 0 bridgehead atoms. The van der Waals surface area contributed by atoms with Crippen LogP contribution in [0.15, 0.2) is 48.7 Å². The van der Waals surface area contributed by atoms with Crippen molar-refractivity contribution < 1.29 is 4.39 Å². The van der Waals surface area contributed by atoms with Crippen molar-refractivity contribution in [3.05, 3.63) is 65.6 Å². The van der Waals surface area contributed by atoms with E-state index in [1.165, 1.54) is 29.0 Å². The summed E-state index contributed by atoms with van der Waals surface area (Å²) in [6.45, 7) is 6.66. The minimum absolute atomic E-state index is 0.296. The molecule has 0 radical (unpaired) electrons. The standard InChI is InChI=1S/C21H22FN/c1-4-15(5-2)20-8-6-16(10-14(20)3)17-7-9-21-18(11-17)12-19(22)13-23-21/h6-13,15H,4-5H2,1-3H3. The molecule has 1 aromatic heterocycles. The van der Waals surface area contributed by atoms with E-state index in [0.717, 1.165) is 29.3 Å². The van der Waals surface area contributed by atoms with Gasteiger partial charge in [-0.1, -0.05) is 38.1 Å². The Labute approximate surface area is 137 Å². The Kier molecular flexibility index (Phi) is 4.42. The molecule has 0 spiro atoms. The first-order valence-corrected chi connectivity index (χ1v) is 8.28. The predicted molar refractivity (Wildman–Crippen MR) is 95.2 cm³/mol. The molecule has 0 fully saturated rings. The summed E-state index contributed by atoms with van der Waals surface area (Å²) >= 11 is 0. The van der Waals surface area contributed by atoms with E-state index in [4.69, 9.17) is 0 Å². The third-order valence-corrected chi connectivity index (χ3v) is 4.68. The van der Waals surface area contributed by atoms with Crippen molar-refractivity contribution in [2.45, 2.75) is 39.5 Å². The summed E-state index contributed by atoms with van der Waals surface area (Å²) in [5.74, 6) is 0.328. The zero-order chi connectivity index (χ0) is 16.4. The van der Waals surface area contributed by atoms with Crippen molar-refractivity contribution in [2.75, 3.05) is 0 Å². The Morgan fingerprint density at radius 2 is 1.65 bits per heavy atom. The Bertz CT molecular complexity index is 834. The lowest BCUT2D eigenvalue weighted by Crippen LogP contribution is -1.98. The van der Waals surface area contributed by atoms with Gasteiger partial charge in [-0.2, -0.15) is 0 Å². The molecule has 0 saturated carbocycles. The monoisotopic (exact) mass is 307 g/mol. The Morgan fingerprint density at radius 1 is 0.957 bits per heavy atom. The van der Waals surface area contributed by atoms with E-state index in [1.807, 2.05) is 12.1 Å². The van der Waals surface area contributed by atoms with E-state index in [2.05, 4.69) is 50.0 Å². The molecule has 118 valence electrons. The summed E-state index contributed by atoms with van der Waals surface area (Å²) in [6, 6.07) is 14.2. The number of halogens is 1. The van der Waals surface area contributed by atoms with Gasteiger partial charge in [0.05, 0.1) is 11.7 Å². The van der Waals surface area contributed by atoms with Gasteiger partial charge >= 0.3 is 0 Å². The molecule has 1 nitrogen and oxygen atoms in total. The third kappa shape index (κ3) is 3.12. The fourth-order valence-electron chi connectivity index (χ4n) is 3.33. The SMILES string of the molecule is CCC(CC)c1ccc(-c2ccc3ncc(F)cc3c2)cc1C. The summed E-state index contributed by atoms with van der Waals surface area (Å²) in [5.41, 5.74) is 5.86. The third-order valence-electron chi connectivity index (χ3n) is 4.68. The van der Waals surface area contributed by atoms with Crippen molar-refractivity contribution >= 4 is 10.9 Å². The first kappa shape index (κ1) is 15.7. The summed E-state index contributed by atoms with van der Waals surface area (Å²) in [5, 5.41) is 0.837. The Morgan fingerprint density at radius 3 is 2.35 bits per heavy atom. The fourth-order valence-corrected chi connectivity index (χ4v) is 3.33. The zero-order valence-corrected chi connectivity index (χ0v) is 13.9. The van der Waals surface area contributed by atoms with Gasteiger partial charge in [-0.05, 0) is 66.1 Å². The molecule has 2 aromatic carbocycles. The second-order valence-corrected chi connectivity index (χ2v) is 6.15. The molecule has 3 aromatic rings. The highest BCUT2D eigenvalue weighted by molar-refractivity contribution is 5.84. The van der Waals surface area contributed by atoms with Gasteiger partial charge in [-0.25, -0.2) is 4.39 Å². The van der Waals surface area contributed by atoms with Gasteiger partial charge in [0.15, 0.2) is 0 Å². The van der Waals surface area contributed by atoms with E-state index in [-0.39, 0.29) is 5.82 Å². The predicted octanol–water partition coefficient (Wildman–Crippen LogP) is 6.25. The van der Waals surface area contributed by atoms with E-state index in [9.17, 15) is 4.39 Å². The first-order valence-electron chi connectivity index (χ1n) is 8.28. The lowest BCUT2D eigenvalue weighted by Gasteiger charge is -2.17. The summed E-state index contributed by atoms with van der Waals surface area (Å²) in [7, 11) is 0. The highest BCUT2D eigenvalue weighted by Gasteiger charge is 2.11. The summed E-state index contributed by atoms with van der Waals surface area (Å²) < 4.78 is 13.4. The van der Waals surface area contributed by atoms with Gasteiger partial charge in [-0.3, -0.25) is 4.98 Å². The number of pyridine rings is 1. The fraction of sp³-hybridized carbons (Fsp3) is 0.286. The van der Waals surface area contributed by atoms with Gasteiger partial charge in [-0.15, -0.1) is 0 Å². The van der Waals surface area contributed by atoms with Crippen molar-refractivity contribution in [2.24, 2.45) is 0 Å². The Hall–Kier alpha value is -2.22. The Balaban J connectivity index is 2.03. The normalized spacial score (nSPS) is 11.3. The van der Waals surface area contributed by atoms with Gasteiger partial charge in [0.2, 0.25) is 0 Å². The van der Waals surface area contributed by atoms with Crippen LogP contribution in [0, 0.1) is 12.7 Å². The average molecular weight is 307 g/mol. The molecular weight excluding hydrogens is 285 g/mol. The van der Waals surface area contributed by atoms with Gasteiger partial charge in [0.25, 0.3) is 0 Å². The summed E-state index contributed by atoms with van der Waals surface area (Å²) in [4.78, 5) is 4.12. The largest absolute Gasteiger partial charge is 0.253 e. The number of rotatable bonds is 4. The van der Waals surface area contributed by atoms with Crippen LogP contribution >= 0.6 is 0 Å². The zero-order valence-electron chi connectivity index (χ0n) is 13.9. The number of hydrogen-bond donors (Lipinski definition) is 0. The van der Waals surface area contributed by atoms with Crippen LogP contribution in [0.2, 0.25) is 0 Å². The molecule has 0 saturated heterocycles. The topological polar surface area (TPSA) is 12.9 Å². The highest BCUT2D eigenvalue weighted by atomic mass is 19.1. The molecule has 0 amide bonds. The molecule has 0 aliphatic carbocycles. The van der Waals surface area contributed by atoms with Crippen LogP contribution in [-0.2, 0) is 0 Å². The maximum atomic E-state index is 13.4. The maximum absolute atomic E-state index is 13.4. The number of aromatic nitrogens is 1. The van der Waals surface area contributed by atoms with E-state index in [1.54, 1.807) is 0 Å². The molecule has 0 atom stereocenters. The second kappa shape index (κ2) is 6.49. The molecule has 23 heavy (non-hydrogen) atoms. The second-order valence-electron chi connectivity index (χ2n) is 6.15.